The molecule has 0 spiro atoms. The van der Waals surface area contributed by atoms with Crippen LogP contribution in [0.25, 0.3) is 0 Å². The van der Waals surface area contributed by atoms with Gasteiger partial charge in [0.25, 0.3) is 0 Å². The Balaban J connectivity index is 1.09. The van der Waals surface area contributed by atoms with Crippen LogP contribution >= 0.6 is 0 Å². The van der Waals surface area contributed by atoms with Crippen LogP contribution in [0.5, 0.6) is 0 Å². The maximum Gasteiger partial charge on any atom is 0.220 e. The molecule has 0 radical (unpaired) electrons. The quantitative estimate of drug-likeness (QED) is 0.490. The van der Waals surface area contributed by atoms with Crippen molar-refractivity contribution in [2.24, 2.45) is 11.8 Å². The summed E-state index contributed by atoms with van der Waals surface area (Å²) in [5, 5.41) is 10.8. The fraction of sp³-hybridized carbons (Fsp3) is 0.481. The van der Waals surface area contributed by atoms with E-state index in [0.29, 0.717) is 24.8 Å². The Bertz CT molecular complexity index is 1040. The van der Waals surface area contributed by atoms with Crippen LogP contribution < -0.4 is 15.5 Å². The number of hydrogen-bond acceptors (Lipinski definition) is 7. The maximum absolute atomic E-state index is 12.5. The van der Waals surface area contributed by atoms with Crippen LogP contribution in [0, 0.1) is 11.8 Å². The summed E-state index contributed by atoms with van der Waals surface area (Å²) < 4.78 is 11.0. The van der Waals surface area contributed by atoms with E-state index < -0.39 is 0 Å². The zero-order valence-corrected chi connectivity index (χ0v) is 20.2. The molecule has 0 unspecified atom stereocenters. The van der Waals surface area contributed by atoms with Gasteiger partial charge in [-0.1, -0.05) is 23.4 Å². The highest BCUT2D eigenvalue weighted by molar-refractivity contribution is 5.76. The van der Waals surface area contributed by atoms with Gasteiger partial charge in [0.05, 0.1) is 25.0 Å². The van der Waals surface area contributed by atoms with Crippen molar-refractivity contribution in [3.8, 4) is 0 Å². The van der Waals surface area contributed by atoms with E-state index in [4.69, 9.17) is 8.94 Å². The molecule has 5 rings (SSSR count). The summed E-state index contributed by atoms with van der Waals surface area (Å²) in [6, 6.07) is 16.4. The molecular formula is C27H35N5O3. The molecule has 2 aromatic heterocycles. The van der Waals surface area contributed by atoms with E-state index in [9.17, 15) is 4.79 Å². The highest BCUT2D eigenvalue weighted by Crippen LogP contribution is 2.26. The SMILES string of the molecule is O=C(C[C@@H]1CCNC[C@@H]1Cc1cc(CN2CCN(c3ccccc3)CC2)on1)NCc1ccco1. The van der Waals surface area contributed by atoms with Crippen molar-refractivity contribution in [1.29, 1.82) is 0 Å². The van der Waals surface area contributed by atoms with E-state index in [1.54, 1.807) is 6.26 Å². The van der Waals surface area contributed by atoms with Crippen molar-refractivity contribution in [3.63, 3.8) is 0 Å². The minimum atomic E-state index is 0.0776. The number of aromatic nitrogens is 1. The third kappa shape index (κ3) is 6.52. The molecule has 8 heteroatoms. The molecule has 0 saturated carbocycles. The Morgan fingerprint density at radius 2 is 1.91 bits per heavy atom. The van der Waals surface area contributed by atoms with Crippen LogP contribution in [0.2, 0.25) is 0 Å². The van der Waals surface area contributed by atoms with Gasteiger partial charge < -0.3 is 24.5 Å². The highest BCUT2D eigenvalue weighted by Gasteiger charge is 2.28. The van der Waals surface area contributed by atoms with Crippen molar-refractivity contribution in [1.82, 2.24) is 20.7 Å². The summed E-state index contributed by atoms with van der Waals surface area (Å²) in [4.78, 5) is 17.4. The minimum absolute atomic E-state index is 0.0776. The molecule has 2 aliphatic rings. The fourth-order valence-corrected chi connectivity index (χ4v) is 5.21. The largest absolute Gasteiger partial charge is 0.467 e. The predicted octanol–water partition coefficient (Wildman–Crippen LogP) is 3.06. The number of benzene rings is 1. The van der Waals surface area contributed by atoms with E-state index in [1.165, 1.54) is 5.69 Å². The van der Waals surface area contributed by atoms with Gasteiger partial charge >= 0.3 is 0 Å². The molecule has 0 aliphatic carbocycles. The number of piperazine rings is 1. The predicted molar refractivity (Wildman–Crippen MR) is 134 cm³/mol. The van der Waals surface area contributed by atoms with Crippen LogP contribution in [0.4, 0.5) is 5.69 Å². The number of nitrogens with zero attached hydrogens (tertiary/aromatic N) is 3. The van der Waals surface area contributed by atoms with Crippen molar-refractivity contribution in [3.05, 3.63) is 72.0 Å². The molecule has 3 aromatic rings. The molecule has 35 heavy (non-hydrogen) atoms. The summed E-state index contributed by atoms with van der Waals surface area (Å²) in [6.45, 7) is 7.13. The zero-order valence-electron chi connectivity index (χ0n) is 20.2. The second kappa shape index (κ2) is 11.6. The summed E-state index contributed by atoms with van der Waals surface area (Å²) in [5.41, 5.74) is 2.28. The highest BCUT2D eigenvalue weighted by atomic mass is 16.5. The van der Waals surface area contributed by atoms with E-state index in [0.717, 1.165) is 75.9 Å². The van der Waals surface area contributed by atoms with Crippen LogP contribution in [0.3, 0.4) is 0 Å². The Labute approximate surface area is 206 Å². The number of carbonyl (C=O) groups is 1. The molecule has 1 aromatic carbocycles. The van der Waals surface area contributed by atoms with E-state index in [1.807, 2.05) is 12.1 Å². The number of anilines is 1. The Morgan fingerprint density at radius 3 is 2.71 bits per heavy atom. The molecule has 8 nitrogen and oxygen atoms in total. The first-order chi connectivity index (χ1) is 17.2. The lowest BCUT2D eigenvalue weighted by molar-refractivity contribution is -0.122. The van der Waals surface area contributed by atoms with Crippen LogP contribution in [0.1, 0.15) is 30.1 Å². The average Bonchev–Trinajstić information content (AvgIpc) is 3.57. The van der Waals surface area contributed by atoms with Gasteiger partial charge in [-0.25, -0.2) is 0 Å². The van der Waals surface area contributed by atoms with Gasteiger partial charge in [-0.05, 0) is 62.0 Å². The third-order valence-corrected chi connectivity index (χ3v) is 7.20. The Morgan fingerprint density at radius 1 is 1.06 bits per heavy atom. The second-order valence-corrected chi connectivity index (χ2v) is 9.66. The van der Waals surface area contributed by atoms with E-state index in [2.05, 4.69) is 62.0 Å². The number of para-hydroxylation sites is 1. The Kier molecular flexibility index (Phi) is 7.80. The number of hydrogen-bond donors (Lipinski definition) is 2. The number of rotatable bonds is 9. The smallest absolute Gasteiger partial charge is 0.220 e. The molecule has 2 aliphatic heterocycles. The normalized spacial score (nSPS) is 21.2. The molecule has 186 valence electrons. The van der Waals surface area contributed by atoms with Crippen molar-refractivity contribution >= 4 is 11.6 Å². The lowest BCUT2D eigenvalue weighted by Gasteiger charge is -2.35. The van der Waals surface area contributed by atoms with Crippen LogP contribution in [-0.2, 0) is 24.3 Å². The summed E-state index contributed by atoms with van der Waals surface area (Å²) >= 11 is 0. The zero-order chi connectivity index (χ0) is 23.9. The number of piperidine rings is 1. The molecule has 1 amide bonds. The van der Waals surface area contributed by atoms with Gasteiger partial charge in [0, 0.05) is 44.4 Å². The van der Waals surface area contributed by atoms with Gasteiger partial charge in [-0.15, -0.1) is 0 Å². The molecular weight excluding hydrogens is 442 g/mol. The van der Waals surface area contributed by atoms with Crippen molar-refractivity contribution in [2.75, 3.05) is 44.2 Å². The number of carbonyl (C=O) groups excluding carboxylic acids is 1. The molecule has 2 atom stereocenters. The van der Waals surface area contributed by atoms with E-state index in [-0.39, 0.29) is 5.91 Å². The topological polar surface area (TPSA) is 86.8 Å². The van der Waals surface area contributed by atoms with Crippen molar-refractivity contribution < 1.29 is 13.7 Å². The lowest BCUT2D eigenvalue weighted by Crippen LogP contribution is -2.45. The second-order valence-electron chi connectivity index (χ2n) is 9.66. The fourth-order valence-electron chi connectivity index (χ4n) is 5.21. The first-order valence-electron chi connectivity index (χ1n) is 12.7. The molecule has 4 heterocycles. The van der Waals surface area contributed by atoms with Gasteiger partial charge in [0.15, 0.2) is 5.76 Å². The molecule has 0 bridgehead atoms. The summed E-state index contributed by atoms with van der Waals surface area (Å²) in [5.74, 6) is 2.47. The van der Waals surface area contributed by atoms with Gasteiger partial charge in [-0.2, -0.15) is 0 Å². The number of amides is 1. The van der Waals surface area contributed by atoms with Crippen LogP contribution in [-0.4, -0.2) is 55.2 Å². The number of nitrogens with one attached hydrogen (secondary N) is 2. The summed E-state index contributed by atoms with van der Waals surface area (Å²) in [6.07, 6.45) is 3.98. The third-order valence-electron chi connectivity index (χ3n) is 7.20. The maximum atomic E-state index is 12.5. The molecule has 2 saturated heterocycles. The number of furan rings is 1. The van der Waals surface area contributed by atoms with Gasteiger partial charge in [0.2, 0.25) is 5.91 Å². The average molecular weight is 478 g/mol. The standard InChI is InChI=1S/C27H35N5O3/c33-27(29-19-25-7-4-14-34-25)16-21-8-9-28-18-22(21)15-23-17-26(35-30-23)20-31-10-12-32(13-11-31)24-5-2-1-3-6-24/h1-7,14,17,21-22,28H,8-13,15-16,18-20H2,(H,29,33)/t21-,22-/m0/s1. The van der Waals surface area contributed by atoms with Gasteiger partial charge in [-0.3, -0.25) is 9.69 Å². The minimum Gasteiger partial charge on any atom is -0.467 e. The lowest BCUT2D eigenvalue weighted by atomic mass is 9.81. The van der Waals surface area contributed by atoms with E-state index >= 15 is 0 Å². The first-order valence-corrected chi connectivity index (χ1v) is 12.7. The van der Waals surface area contributed by atoms with Gasteiger partial charge in [0.1, 0.15) is 5.76 Å². The Hall–Kier alpha value is -3.10. The molecule has 2 N–H and O–H groups in total. The molecule has 2 fully saturated rings. The monoisotopic (exact) mass is 477 g/mol. The summed E-state index contributed by atoms with van der Waals surface area (Å²) in [7, 11) is 0. The van der Waals surface area contributed by atoms with Crippen LogP contribution in [0.15, 0.2) is 63.7 Å². The van der Waals surface area contributed by atoms with Crippen molar-refractivity contribution in [2.45, 2.75) is 32.4 Å². The first kappa shape index (κ1) is 23.6.